The number of anilines is 3. The van der Waals surface area contributed by atoms with Gasteiger partial charge in [0.2, 0.25) is 0 Å². The molecule has 5 rings (SSSR count). The van der Waals surface area contributed by atoms with Gasteiger partial charge in [-0.15, -0.1) is 0 Å². The van der Waals surface area contributed by atoms with Gasteiger partial charge in [0.15, 0.2) is 0 Å². The van der Waals surface area contributed by atoms with Crippen molar-refractivity contribution in [1.29, 1.82) is 0 Å². The van der Waals surface area contributed by atoms with E-state index in [1.54, 1.807) is 0 Å². The monoisotopic (exact) mass is 524 g/mol. The van der Waals surface area contributed by atoms with Gasteiger partial charge in [0.25, 0.3) is 0 Å². The van der Waals surface area contributed by atoms with Crippen LogP contribution >= 0.6 is 12.2 Å². The Morgan fingerprint density at radius 3 is 1.88 bits per heavy atom. The lowest BCUT2D eigenvalue weighted by atomic mass is 10.0. The summed E-state index contributed by atoms with van der Waals surface area (Å²) in [6, 6.07) is 16.6. The van der Waals surface area contributed by atoms with Crippen LogP contribution in [0.15, 0.2) is 48.5 Å². The summed E-state index contributed by atoms with van der Waals surface area (Å²) in [5.41, 5.74) is 7.68. The van der Waals surface area contributed by atoms with E-state index in [1.165, 1.54) is 55.0 Å². The molecule has 2 unspecified atom stereocenters. The normalized spacial score (nSPS) is 22.6. The Morgan fingerprint density at radius 2 is 1.32 bits per heavy atom. The Bertz CT molecular complexity index is 1420. The van der Waals surface area contributed by atoms with Gasteiger partial charge in [0.05, 0.1) is 23.3 Å². The molecular weight excluding hydrogens is 490 g/mol. The van der Waals surface area contributed by atoms with E-state index in [1.807, 2.05) is 0 Å². The topological polar surface area (TPSA) is 6.48 Å². The molecule has 34 heavy (non-hydrogen) atoms. The van der Waals surface area contributed by atoms with E-state index in [0.29, 0.717) is 5.92 Å². The minimum Gasteiger partial charge on any atom is -0.308 e. The van der Waals surface area contributed by atoms with Crippen molar-refractivity contribution >= 4 is 74.1 Å². The summed E-state index contributed by atoms with van der Waals surface area (Å²) in [6.45, 7) is 17.6. The highest BCUT2D eigenvalue weighted by Crippen LogP contribution is 2.61. The molecular formula is C28H34N2P2S2. The van der Waals surface area contributed by atoms with Crippen LogP contribution in [0.25, 0.3) is 0 Å². The molecule has 0 radical (unpaired) electrons. The molecule has 3 aromatic rings. The van der Waals surface area contributed by atoms with Crippen molar-refractivity contribution in [3.05, 3.63) is 65.2 Å². The zero-order valence-corrected chi connectivity index (χ0v) is 24.6. The highest BCUT2D eigenvalue weighted by atomic mass is 32.4. The Morgan fingerprint density at radius 1 is 0.794 bits per heavy atom. The molecule has 0 aliphatic carbocycles. The summed E-state index contributed by atoms with van der Waals surface area (Å²) in [5.74, 6) is 0.419. The molecule has 2 aliphatic rings. The molecule has 0 aromatic heterocycles. The molecule has 0 amide bonds. The summed E-state index contributed by atoms with van der Waals surface area (Å²) >= 11 is 13.4. The first kappa shape index (κ1) is 24.4. The van der Waals surface area contributed by atoms with Gasteiger partial charge >= 0.3 is 0 Å². The van der Waals surface area contributed by atoms with Crippen molar-refractivity contribution in [3.63, 3.8) is 0 Å². The number of rotatable bonds is 4. The Labute approximate surface area is 215 Å². The molecule has 0 saturated carbocycles. The third-order valence-electron chi connectivity index (χ3n) is 7.43. The lowest BCUT2D eigenvalue weighted by Gasteiger charge is -2.49. The average molecular weight is 525 g/mol. The smallest absolute Gasteiger partial charge is 0.0751 e. The van der Waals surface area contributed by atoms with E-state index in [2.05, 4.69) is 106 Å². The number of hydrogen-bond donors (Lipinski definition) is 0. The van der Waals surface area contributed by atoms with Gasteiger partial charge in [-0.1, -0.05) is 74.6 Å². The van der Waals surface area contributed by atoms with Gasteiger partial charge in [-0.25, -0.2) is 0 Å². The van der Waals surface area contributed by atoms with E-state index in [0.717, 1.165) is 13.1 Å². The van der Waals surface area contributed by atoms with Crippen molar-refractivity contribution in [1.82, 2.24) is 4.67 Å². The zero-order valence-electron chi connectivity index (χ0n) is 21.2. The number of nitrogens with zero attached hydrogens (tertiary/aromatic N) is 2. The summed E-state index contributed by atoms with van der Waals surface area (Å²) < 4.78 is 2.56. The number of hydrogen-bond acceptors (Lipinski definition) is 3. The van der Waals surface area contributed by atoms with E-state index < -0.39 is 12.2 Å². The summed E-state index contributed by atoms with van der Waals surface area (Å²) in [5, 5.41) is 5.33. The second-order valence-electron chi connectivity index (χ2n) is 10.0. The van der Waals surface area contributed by atoms with Crippen LogP contribution in [-0.4, -0.2) is 24.4 Å². The molecule has 2 aliphatic heterocycles. The average Bonchev–Trinajstić information content (AvgIpc) is 2.79. The lowest BCUT2D eigenvalue weighted by molar-refractivity contribution is 0.513. The highest BCUT2D eigenvalue weighted by molar-refractivity contribution is 8.22. The number of aryl methyl sites for hydroxylation is 2. The van der Waals surface area contributed by atoms with Crippen molar-refractivity contribution in [2.24, 2.45) is 0 Å². The fourth-order valence-corrected chi connectivity index (χ4v) is 13.7. The predicted molar refractivity (Wildman–Crippen MR) is 161 cm³/mol. The van der Waals surface area contributed by atoms with Crippen LogP contribution in [-0.2, 0) is 23.6 Å². The van der Waals surface area contributed by atoms with Crippen LogP contribution in [0, 0.1) is 13.8 Å². The van der Waals surface area contributed by atoms with E-state index in [9.17, 15) is 0 Å². The second-order valence-corrected chi connectivity index (χ2v) is 19.3. The summed E-state index contributed by atoms with van der Waals surface area (Å²) in [6.07, 6.45) is -2.22. The van der Waals surface area contributed by atoms with Crippen LogP contribution in [0.5, 0.6) is 0 Å². The molecule has 0 bridgehead atoms. The molecule has 2 nitrogen and oxygen atoms in total. The van der Waals surface area contributed by atoms with E-state index in [4.69, 9.17) is 23.6 Å². The molecule has 0 saturated heterocycles. The third kappa shape index (κ3) is 3.30. The van der Waals surface area contributed by atoms with Gasteiger partial charge in [0.1, 0.15) is 0 Å². The Balaban J connectivity index is 2.01. The molecule has 3 aromatic carbocycles. The standard InChI is InChI=1S/C28H34N2P2S2/c1-8-29(9-2)32(34)25-15-20(6)11-13-23(25)30-22-12-10-19(5)14-24(22)31(7,33)26-16-21(18(3)4)17-27(32)28(26)30/h10-18H,8-9H2,1-7H3. The molecule has 2 heterocycles. The molecule has 0 fully saturated rings. The fourth-order valence-electron chi connectivity index (χ4n) is 5.53. The van der Waals surface area contributed by atoms with Crippen molar-refractivity contribution < 1.29 is 0 Å². The maximum absolute atomic E-state index is 6.86. The van der Waals surface area contributed by atoms with Crippen molar-refractivity contribution in [2.45, 2.75) is 47.5 Å². The van der Waals surface area contributed by atoms with Crippen LogP contribution in [0.4, 0.5) is 17.1 Å². The Kier molecular flexibility index (Phi) is 6.03. The lowest BCUT2D eigenvalue weighted by Crippen LogP contribution is -2.46. The largest absolute Gasteiger partial charge is 0.308 e. The van der Waals surface area contributed by atoms with Crippen LogP contribution in [0.1, 0.15) is 50.3 Å². The maximum atomic E-state index is 6.86. The van der Waals surface area contributed by atoms with Crippen LogP contribution < -0.4 is 26.1 Å². The SMILES string of the molecule is CCN(CC)P1(=S)c2cc(C)ccc2N2c3ccc(C)cc3P(C)(=S)c3cc(C(C)C)cc1c32. The van der Waals surface area contributed by atoms with E-state index in [-0.39, 0.29) is 0 Å². The number of fused-ring (bicyclic) bond motifs is 4. The number of benzene rings is 3. The van der Waals surface area contributed by atoms with Crippen molar-refractivity contribution in [3.8, 4) is 0 Å². The highest BCUT2D eigenvalue weighted by Gasteiger charge is 2.45. The van der Waals surface area contributed by atoms with Gasteiger partial charge in [-0.3, -0.25) is 4.67 Å². The minimum absolute atomic E-state index is 0.419. The first-order valence-electron chi connectivity index (χ1n) is 12.2. The molecule has 2 atom stereocenters. The van der Waals surface area contributed by atoms with Gasteiger partial charge < -0.3 is 4.90 Å². The maximum Gasteiger partial charge on any atom is 0.0751 e. The summed E-state index contributed by atoms with van der Waals surface area (Å²) in [7, 11) is 0. The Hall–Kier alpha value is -1.28. The molecule has 6 heteroatoms. The van der Waals surface area contributed by atoms with Crippen LogP contribution in [0.2, 0.25) is 0 Å². The molecule has 0 N–H and O–H groups in total. The quantitative estimate of drug-likeness (QED) is 0.371. The van der Waals surface area contributed by atoms with Gasteiger partial charge in [-0.05, 0) is 68.4 Å². The van der Waals surface area contributed by atoms with E-state index >= 15 is 0 Å². The fraction of sp³-hybridized carbons (Fsp3) is 0.357. The second kappa shape index (κ2) is 8.39. The van der Waals surface area contributed by atoms with Gasteiger partial charge in [0, 0.05) is 40.3 Å². The molecule has 0 spiro atoms. The van der Waals surface area contributed by atoms with Crippen molar-refractivity contribution in [2.75, 3.05) is 24.7 Å². The minimum atomic E-state index is -2.22. The zero-order chi connectivity index (χ0) is 24.6. The van der Waals surface area contributed by atoms with Crippen LogP contribution in [0.3, 0.4) is 0 Å². The molecule has 178 valence electrons. The van der Waals surface area contributed by atoms with Gasteiger partial charge in [-0.2, -0.15) is 0 Å². The predicted octanol–water partition coefficient (Wildman–Crippen LogP) is 6.27. The first-order chi connectivity index (χ1) is 16.0. The third-order valence-corrected chi connectivity index (χ3v) is 16.4. The first-order valence-corrected chi connectivity index (χ1v) is 18.2. The summed E-state index contributed by atoms with van der Waals surface area (Å²) in [4.78, 5) is 2.50.